The van der Waals surface area contributed by atoms with Crippen LogP contribution in [-0.2, 0) is 10.1 Å². The zero-order chi connectivity index (χ0) is 16.3. The number of carbonyl (C=O) groups is 1. The normalized spacial score (nSPS) is 11.0. The third-order valence-corrected chi connectivity index (χ3v) is 3.58. The number of benzene rings is 2. The van der Waals surface area contributed by atoms with Gasteiger partial charge in [-0.15, -0.1) is 0 Å². The van der Waals surface area contributed by atoms with Gasteiger partial charge in [0.05, 0.1) is 6.26 Å². The predicted molar refractivity (Wildman–Crippen MR) is 86.7 cm³/mol. The van der Waals surface area contributed by atoms with Crippen LogP contribution in [-0.4, -0.2) is 20.5 Å². The molecule has 0 fully saturated rings. The zero-order valence-corrected chi connectivity index (χ0v) is 13.3. The van der Waals surface area contributed by atoms with Crippen LogP contribution in [0.15, 0.2) is 55.1 Å². The molecule has 0 bridgehead atoms. The van der Waals surface area contributed by atoms with Crippen LogP contribution in [0.2, 0.25) is 5.02 Å². The van der Waals surface area contributed by atoms with Crippen molar-refractivity contribution in [2.24, 2.45) is 0 Å². The molecule has 0 aromatic heterocycles. The maximum absolute atomic E-state index is 12.3. The van der Waals surface area contributed by atoms with E-state index in [1.54, 1.807) is 36.4 Å². The lowest BCUT2D eigenvalue weighted by molar-refractivity contribution is 0.105. The van der Waals surface area contributed by atoms with Gasteiger partial charge in [-0.2, -0.15) is 8.42 Å². The van der Waals surface area contributed by atoms with Crippen LogP contribution in [0.4, 0.5) is 0 Å². The first-order valence-corrected chi connectivity index (χ1v) is 8.45. The molecule has 0 amide bonds. The van der Waals surface area contributed by atoms with E-state index in [0.717, 1.165) is 6.26 Å². The van der Waals surface area contributed by atoms with Gasteiger partial charge in [-0.05, 0) is 42.0 Å². The number of halogens is 1. The highest BCUT2D eigenvalue weighted by molar-refractivity contribution is 7.86. The molecule has 0 spiro atoms. The van der Waals surface area contributed by atoms with Crippen molar-refractivity contribution in [3.63, 3.8) is 0 Å². The third kappa shape index (κ3) is 4.19. The molecule has 0 radical (unpaired) electrons. The van der Waals surface area contributed by atoms with Crippen molar-refractivity contribution in [1.82, 2.24) is 0 Å². The maximum Gasteiger partial charge on any atom is 0.306 e. The molecule has 114 valence electrons. The summed E-state index contributed by atoms with van der Waals surface area (Å²) in [5.41, 5.74) is 1.36. The van der Waals surface area contributed by atoms with Crippen molar-refractivity contribution in [3.05, 3.63) is 71.3 Å². The van der Waals surface area contributed by atoms with E-state index >= 15 is 0 Å². The van der Waals surface area contributed by atoms with Crippen LogP contribution >= 0.6 is 11.6 Å². The average Bonchev–Trinajstić information content (AvgIpc) is 2.46. The van der Waals surface area contributed by atoms with Crippen molar-refractivity contribution in [2.45, 2.75) is 0 Å². The van der Waals surface area contributed by atoms with Crippen LogP contribution in [0.5, 0.6) is 5.75 Å². The van der Waals surface area contributed by atoms with Gasteiger partial charge in [-0.25, -0.2) is 0 Å². The molecule has 6 heteroatoms. The smallest absolute Gasteiger partial charge is 0.306 e. The maximum atomic E-state index is 12.3. The van der Waals surface area contributed by atoms with Crippen molar-refractivity contribution >= 4 is 33.1 Å². The highest BCUT2D eigenvalue weighted by Gasteiger charge is 2.13. The van der Waals surface area contributed by atoms with Crippen molar-refractivity contribution in [2.75, 3.05) is 6.26 Å². The first-order chi connectivity index (χ1) is 10.3. The van der Waals surface area contributed by atoms with E-state index in [1.807, 2.05) is 0 Å². The minimum atomic E-state index is -3.58. The lowest BCUT2D eigenvalue weighted by atomic mass is 9.98. The van der Waals surface area contributed by atoms with E-state index < -0.39 is 10.1 Å². The summed E-state index contributed by atoms with van der Waals surface area (Å²) < 4.78 is 26.8. The molecule has 0 aliphatic carbocycles. The zero-order valence-electron chi connectivity index (χ0n) is 11.7. The number of ketones is 1. The summed E-state index contributed by atoms with van der Waals surface area (Å²) in [5, 5.41) is 0.546. The fourth-order valence-corrected chi connectivity index (χ4v) is 2.38. The Morgan fingerprint density at radius 1 is 1.00 bits per heavy atom. The van der Waals surface area contributed by atoms with Gasteiger partial charge in [0.25, 0.3) is 0 Å². The number of carbonyl (C=O) groups excluding carboxylic acids is 1. The largest absolute Gasteiger partial charge is 0.383 e. The molecular formula is C16H13ClO4S. The number of Topliss-reactive ketones (excluding diaryl/α,β-unsaturated/α-hetero) is 1. The van der Waals surface area contributed by atoms with Crippen LogP contribution < -0.4 is 4.18 Å². The molecule has 0 heterocycles. The Morgan fingerprint density at radius 3 is 2.00 bits per heavy atom. The van der Waals surface area contributed by atoms with Crippen molar-refractivity contribution < 1.29 is 17.4 Å². The Hall–Kier alpha value is -2.11. The molecule has 2 aromatic carbocycles. The molecular weight excluding hydrogens is 324 g/mol. The SMILES string of the molecule is C=C(C(=O)c1ccc(Cl)cc1)c1ccc(OS(C)(=O)=O)cc1. The molecule has 2 rings (SSSR count). The van der Waals surface area contributed by atoms with Gasteiger partial charge in [-0.1, -0.05) is 30.3 Å². The standard InChI is InChI=1S/C16H13ClO4S/c1-11(16(18)13-3-7-14(17)8-4-13)12-5-9-15(10-6-12)21-22(2,19)20/h3-10H,1H2,2H3. The van der Waals surface area contributed by atoms with E-state index in [1.165, 1.54) is 12.1 Å². The minimum Gasteiger partial charge on any atom is -0.383 e. The average molecular weight is 337 g/mol. The molecule has 0 N–H and O–H groups in total. The number of rotatable bonds is 5. The Balaban J connectivity index is 2.19. The summed E-state index contributed by atoms with van der Waals surface area (Å²) >= 11 is 5.79. The van der Waals surface area contributed by atoms with Crippen molar-refractivity contribution in [3.8, 4) is 5.75 Å². The molecule has 4 nitrogen and oxygen atoms in total. The van der Waals surface area contributed by atoms with E-state index in [0.29, 0.717) is 21.7 Å². The summed E-state index contributed by atoms with van der Waals surface area (Å²) in [6.45, 7) is 3.79. The molecule has 0 unspecified atom stereocenters. The Kier molecular flexibility index (Phi) is 4.68. The second-order valence-corrected chi connectivity index (χ2v) is 6.64. The summed E-state index contributed by atoms with van der Waals surface area (Å²) in [5.74, 6) is -0.0496. The van der Waals surface area contributed by atoms with Crippen LogP contribution in [0.1, 0.15) is 15.9 Å². The van der Waals surface area contributed by atoms with Crippen molar-refractivity contribution in [1.29, 1.82) is 0 Å². The Bertz CT molecular complexity index is 806. The molecule has 2 aromatic rings. The second-order valence-electron chi connectivity index (χ2n) is 4.63. The highest BCUT2D eigenvalue weighted by Crippen LogP contribution is 2.22. The van der Waals surface area contributed by atoms with Crippen LogP contribution in [0, 0.1) is 0 Å². The summed E-state index contributed by atoms with van der Waals surface area (Å²) in [6, 6.07) is 12.6. The molecule has 0 aliphatic heterocycles. The molecule has 0 atom stereocenters. The van der Waals surface area contributed by atoms with Gasteiger partial charge in [0.1, 0.15) is 5.75 Å². The lowest BCUT2D eigenvalue weighted by Crippen LogP contribution is -2.06. The van der Waals surface area contributed by atoms with E-state index in [9.17, 15) is 13.2 Å². The quantitative estimate of drug-likeness (QED) is 0.475. The Labute approximate surface area is 134 Å². The van der Waals surface area contributed by atoms with Crippen LogP contribution in [0.3, 0.4) is 0 Å². The second kappa shape index (κ2) is 6.34. The number of hydrogen-bond donors (Lipinski definition) is 0. The highest BCUT2D eigenvalue weighted by atomic mass is 35.5. The van der Waals surface area contributed by atoms with Gasteiger partial charge in [0.15, 0.2) is 5.78 Å². The molecule has 0 saturated carbocycles. The first kappa shape index (κ1) is 16.3. The van der Waals surface area contributed by atoms with Gasteiger partial charge >= 0.3 is 10.1 Å². The van der Waals surface area contributed by atoms with Gasteiger partial charge in [-0.3, -0.25) is 4.79 Å². The summed E-state index contributed by atoms with van der Waals surface area (Å²) in [4.78, 5) is 12.3. The predicted octanol–water partition coefficient (Wildman–Crippen LogP) is 3.57. The van der Waals surface area contributed by atoms with Gasteiger partial charge < -0.3 is 4.18 Å². The molecule has 0 aliphatic rings. The van der Waals surface area contributed by atoms with Gasteiger partial charge in [0, 0.05) is 16.2 Å². The molecule has 22 heavy (non-hydrogen) atoms. The van der Waals surface area contributed by atoms with Gasteiger partial charge in [0.2, 0.25) is 0 Å². The Morgan fingerprint density at radius 2 is 1.50 bits per heavy atom. The number of allylic oxidation sites excluding steroid dienone is 1. The third-order valence-electron chi connectivity index (χ3n) is 2.83. The minimum absolute atomic E-state index is 0.179. The molecule has 0 saturated heterocycles. The first-order valence-electron chi connectivity index (χ1n) is 6.25. The fourth-order valence-electron chi connectivity index (χ4n) is 1.79. The van der Waals surface area contributed by atoms with E-state index in [4.69, 9.17) is 15.8 Å². The number of hydrogen-bond acceptors (Lipinski definition) is 4. The lowest BCUT2D eigenvalue weighted by Gasteiger charge is -2.07. The summed E-state index contributed by atoms with van der Waals surface area (Å²) in [7, 11) is -3.58. The fraction of sp³-hybridized carbons (Fsp3) is 0.0625. The topological polar surface area (TPSA) is 60.4 Å². The van der Waals surface area contributed by atoms with E-state index in [2.05, 4.69) is 6.58 Å². The van der Waals surface area contributed by atoms with Crippen LogP contribution in [0.25, 0.3) is 5.57 Å². The summed E-state index contributed by atoms with van der Waals surface area (Å²) in [6.07, 6.45) is 0.962. The van der Waals surface area contributed by atoms with E-state index in [-0.39, 0.29) is 11.5 Å². The monoisotopic (exact) mass is 336 g/mol.